The van der Waals surface area contributed by atoms with Crippen LogP contribution in [0.1, 0.15) is 19.5 Å². The highest BCUT2D eigenvalue weighted by Crippen LogP contribution is 2.18. The van der Waals surface area contributed by atoms with Gasteiger partial charge in [0.1, 0.15) is 23.9 Å². The fourth-order valence-electron chi connectivity index (χ4n) is 2.06. The van der Waals surface area contributed by atoms with Crippen LogP contribution < -0.4 is 5.32 Å². The van der Waals surface area contributed by atoms with Gasteiger partial charge in [0.25, 0.3) is 0 Å². The minimum atomic E-state index is 0.217. The number of hydrogen-bond donors (Lipinski definition) is 1. The third-order valence-corrected chi connectivity index (χ3v) is 3.33. The predicted octanol–water partition coefficient (Wildman–Crippen LogP) is 3.02. The van der Waals surface area contributed by atoms with E-state index in [1.807, 2.05) is 36.4 Å². The Balaban J connectivity index is 1.79. The van der Waals surface area contributed by atoms with Crippen LogP contribution in [0.25, 0.3) is 0 Å². The van der Waals surface area contributed by atoms with Crippen LogP contribution in [0.4, 0.5) is 11.6 Å². The van der Waals surface area contributed by atoms with Crippen LogP contribution in [-0.2, 0) is 4.74 Å². The molecule has 1 aliphatic heterocycles. The van der Waals surface area contributed by atoms with Gasteiger partial charge in [-0.25, -0.2) is 15.0 Å². The standard InChI is InChI=1S/C16H18N4O/c1-11(2)13-10-21-16(19-13)12-6-5-8-15(18-12)20-14-7-3-4-9-17-14/h3-9,11,13H,10H2,1-2H3,(H,17,18,20)/t13-/m1/s1. The summed E-state index contributed by atoms with van der Waals surface area (Å²) >= 11 is 0. The average molecular weight is 282 g/mol. The number of ether oxygens (including phenoxy) is 1. The first-order valence-corrected chi connectivity index (χ1v) is 7.08. The Hall–Kier alpha value is -2.43. The van der Waals surface area contributed by atoms with Gasteiger partial charge in [0.2, 0.25) is 5.90 Å². The van der Waals surface area contributed by atoms with E-state index in [1.54, 1.807) is 6.20 Å². The normalized spacial score (nSPS) is 17.5. The zero-order valence-electron chi connectivity index (χ0n) is 12.2. The quantitative estimate of drug-likeness (QED) is 0.936. The molecule has 3 rings (SSSR count). The molecule has 1 aliphatic rings. The van der Waals surface area contributed by atoms with E-state index >= 15 is 0 Å². The number of aromatic nitrogens is 2. The van der Waals surface area contributed by atoms with Crippen molar-refractivity contribution < 1.29 is 4.74 Å². The Bertz CT molecular complexity index is 640. The molecule has 5 heteroatoms. The number of aliphatic imine (C=N–C) groups is 1. The molecule has 0 amide bonds. The molecule has 108 valence electrons. The second-order valence-electron chi connectivity index (χ2n) is 5.30. The molecule has 0 aliphatic carbocycles. The molecule has 1 N–H and O–H groups in total. The second-order valence-corrected chi connectivity index (χ2v) is 5.30. The predicted molar refractivity (Wildman–Crippen MR) is 82.9 cm³/mol. The van der Waals surface area contributed by atoms with E-state index in [9.17, 15) is 0 Å². The zero-order chi connectivity index (χ0) is 14.7. The molecular weight excluding hydrogens is 264 g/mol. The van der Waals surface area contributed by atoms with Crippen molar-refractivity contribution in [2.45, 2.75) is 19.9 Å². The maximum Gasteiger partial charge on any atom is 0.235 e. The van der Waals surface area contributed by atoms with Crippen molar-refractivity contribution in [2.24, 2.45) is 10.9 Å². The SMILES string of the molecule is CC(C)[C@H]1COC(c2cccc(Nc3ccccn3)n2)=N1. The topological polar surface area (TPSA) is 59.4 Å². The van der Waals surface area contributed by atoms with Crippen molar-refractivity contribution in [3.8, 4) is 0 Å². The molecule has 5 nitrogen and oxygen atoms in total. The lowest BCUT2D eigenvalue weighted by Gasteiger charge is -2.06. The van der Waals surface area contributed by atoms with Gasteiger partial charge in [-0.2, -0.15) is 0 Å². The Kier molecular flexibility index (Phi) is 3.81. The van der Waals surface area contributed by atoms with Gasteiger partial charge in [0.15, 0.2) is 0 Å². The number of rotatable bonds is 4. The summed E-state index contributed by atoms with van der Waals surface area (Å²) in [6.07, 6.45) is 1.74. The summed E-state index contributed by atoms with van der Waals surface area (Å²) in [4.78, 5) is 13.4. The second kappa shape index (κ2) is 5.91. The third-order valence-electron chi connectivity index (χ3n) is 3.33. The summed E-state index contributed by atoms with van der Waals surface area (Å²) in [5.41, 5.74) is 0.749. The van der Waals surface area contributed by atoms with Crippen LogP contribution in [0.5, 0.6) is 0 Å². The lowest BCUT2D eigenvalue weighted by Crippen LogP contribution is -2.13. The highest BCUT2D eigenvalue weighted by atomic mass is 16.5. The van der Waals surface area contributed by atoms with Crippen molar-refractivity contribution in [2.75, 3.05) is 11.9 Å². The van der Waals surface area contributed by atoms with Gasteiger partial charge in [-0.15, -0.1) is 0 Å². The van der Waals surface area contributed by atoms with Gasteiger partial charge in [0.05, 0.1) is 6.04 Å². The molecule has 3 heterocycles. The fraction of sp³-hybridized carbons (Fsp3) is 0.312. The molecule has 2 aromatic rings. The first kappa shape index (κ1) is 13.5. The summed E-state index contributed by atoms with van der Waals surface area (Å²) in [5.74, 6) is 2.58. The average Bonchev–Trinajstić information content (AvgIpc) is 2.99. The van der Waals surface area contributed by atoms with E-state index in [0.29, 0.717) is 18.4 Å². The number of nitrogens with zero attached hydrogens (tertiary/aromatic N) is 3. The molecule has 0 fully saturated rings. The molecule has 0 unspecified atom stereocenters. The molecule has 0 radical (unpaired) electrons. The van der Waals surface area contributed by atoms with E-state index in [-0.39, 0.29) is 6.04 Å². The highest BCUT2D eigenvalue weighted by molar-refractivity contribution is 5.93. The minimum Gasteiger partial charge on any atom is -0.474 e. The molecule has 1 atom stereocenters. The molecule has 0 saturated heterocycles. The molecule has 0 saturated carbocycles. The summed E-state index contributed by atoms with van der Waals surface area (Å²) in [5, 5.41) is 3.17. The highest BCUT2D eigenvalue weighted by Gasteiger charge is 2.23. The first-order valence-electron chi connectivity index (χ1n) is 7.08. The Morgan fingerprint density at radius 1 is 1.14 bits per heavy atom. The molecular formula is C16H18N4O. The largest absolute Gasteiger partial charge is 0.474 e. The van der Waals surface area contributed by atoms with Gasteiger partial charge in [0, 0.05) is 6.20 Å². The van der Waals surface area contributed by atoms with Crippen LogP contribution in [-0.4, -0.2) is 28.5 Å². The van der Waals surface area contributed by atoms with Crippen molar-refractivity contribution in [3.63, 3.8) is 0 Å². The maximum absolute atomic E-state index is 5.66. The fourth-order valence-corrected chi connectivity index (χ4v) is 2.06. The Morgan fingerprint density at radius 3 is 2.71 bits per heavy atom. The number of anilines is 2. The van der Waals surface area contributed by atoms with Crippen LogP contribution >= 0.6 is 0 Å². The number of pyridine rings is 2. The summed E-state index contributed by atoms with van der Waals surface area (Å²) in [7, 11) is 0. The third kappa shape index (κ3) is 3.18. The smallest absolute Gasteiger partial charge is 0.235 e. The molecule has 0 aromatic carbocycles. The van der Waals surface area contributed by atoms with Crippen LogP contribution in [0.3, 0.4) is 0 Å². The van der Waals surface area contributed by atoms with Crippen molar-refractivity contribution in [3.05, 3.63) is 48.3 Å². The molecule has 21 heavy (non-hydrogen) atoms. The number of nitrogens with one attached hydrogen (secondary N) is 1. The lowest BCUT2D eigenvalue weighted by atomic mass is 10.1. The van der Waals surface area contributed by atoms with Gasteiger partial charge >= 0.3 is 0 Å². The van der Waals surface area contributed by atoms with Crippen LogP contribution in [0.2, 0.25) is 0 Å². The molecule has 0 spiro atoms. The summed E-state index contributed by atoms with van der Waals surface area (Å²) in [6.45, 7) is 4.92. The van der Waals surface area contributed by atoms with Gasteiger partial charge < -0.3 is 10.1 Å². The molecule has 2 aromatic heterocycles. The van der Waals surface area contributed by atoms with E-state index in [1.165, 1.54) is 0 Å². The molecule has 0 bridgehead atoms. The van der Waals surface area contributed by atoms with E-state index in [2.05, 4.69) is 34.1 Å². The van der Waals surface area contributed by atoms with Gasteiger partial charge in [-0.3, -0.25) is 0 Å². The first-order chi connectivity index (χ1) is 10.2. The summed E-state index contributed by atoms with van der Waals surface area (Å²) in [6, 6.07) is 11.7. The minimum absolute atomic E-state index is 0.217. The van der Waals surface area contributed by atoms with Crippen LogP contribution in [0.15, 0.2) is 47.6 Å². The monoisotopic (exact) mass is 282 g/mol. The van der Waals surface area contributed by atoms with E-state index < -0.39 is 0 Å². The maximum atomic E-state index is 5.66. The van der Waals surface area contributed by atoms with E-state index in [0.717, 1.165) is 17.3 Å². The summed E-state index contributed by atoms with van der Waals surface area (Å²) < 4.78 is 5.66. The van der Waals surface area contributed by atoms with Crippen molar-refractivity contribution in [1.29, 1.82) is 0 Å². The van der Waals surface area contributed by atoms with Gasteiger partial charge in [-0.1, -0.05) is 26.0 Å². The van der Waals surface area contributed by atoms with Crippen molar-refractivity contribution in [1.82, 2.24) is 9.97 Å². The van der Waals surface area contributed by atoms with Crippen molar-refractivity contribution >= 4 is 17.5 Å². The van der Waals surface area contributed by atoms with E-state index in [4.69, 9.17) is 4.74 Å². The van der Waals surface area contributed by atoms with Gasteiger partial charge in [-0.05, 0) is 30.2 Å². The lowest BCUT2D eigenvalue weighted by molar-refractivity contribution is 0.291. The Labute approximate surface area is 124 Å². The Morgan fingerprint density at radius 2 is 2.00 bits per heavy atom. The van der Waals surface area contributed by atoms with Crippen LogP contribution in [0, 0.1) is 5.92 Å². The number of hydrogen-bond acceptors (Lipinski definition) is 5. The zero-order valence-corrected chi connectivity index (χ0v) is 12.2.